The molecule has 1 unspecified atom stereocenters. The van der Waals surface area contributed by atoms with Gasteiger partial charge in [-0.2, -0.15) is 5.26 Å². The molecule has 0 spiro atoms. The lowest BCUT2D eigenvalue weighted by molar-refractivity contribution is -0.116. The molecule has 31 heavy (non-hydrogen) atoms. The minimum absolute atomic E-state index is 0.0560. The summed E-state index contributed by atoms with van der Waals surface area (Å²) in [4.78, 5) is 28.2. The summed E-state index contributed by atoms with van der Waals surface area (Å²) < 4.78 is 5.33. The Labute approximate surface area is 189 Å². The molecule has 1 aromatic heterocycles. The van der Waals surface area contributed by atoms with Gasteiger partial charge in [0.1, 0.15) is 16.7 Å². The maximum Gasteiger partial charge on any atom is 0.407 e. The Kier molecular flexibility index (Phi) is 7.95. The number of piperidine rings is 1. The molecule has 2 aliphatic rings. The molecule has 1 aliphatic heterocycles. The molecule has 0 aromatic carbocycles. The molecule has 1 fully saturated rings. The Balaban J connectivity index is 1.51. The first-order valence-electron chi connectivity index (χ1n) is 11.3. The Hall–Kier alpha value is -2.11. The van der Waals surface area contributed by atoms with Gasteiger partial charge in [0.25, 0.3) is 0 Å². The number of alkyl carbamates (subject to hydrolysis) is 1. The van der Waals surface area contributed by atoms with Crippen LogP contribution in [0, 0.1) is 11.3 Å². The van der Waals surface area contributed by atoms with Crippen LogP contribution in [0.25, 0.3) is 0 Å². The summed E-state index contributed by atoms with van der Waals surface area (Å²) in [6.45, 7) is 7.62. The number of fused-ring (bicyclic) bond motifs is 1. The number of nitrogens with zero attached hydrogens (tertiary/aromatic N) is 2. The van der Waals surface area contributed by atoms with Crippen LogP contribution in [-0.4, -0.2) is 48.2 Å². The zero-order valence-electron chi connectivity index (χ0n) is 18.9. The zero-order valence-corrected chi connectivity index (χ0v) is 19.7. The van der Waals surface area contributed by atoms with Gasteiger partial charge in [-0.3, -0.25) is 9.69 Å². The van der Waals surface area contributed by atoms with Crippen molar-refractivity contribution >= 4 is 28.3 Å². The van der Waals surface area contributed by atoms with Gasteiger partial charge in [0.15, 0.2) is 0 Å². The van der Waals surface area contributed by atoms with E-state index in [4.69, 9.17) is 4.74 Å². The molecule has 8 heteroatoms. The second kappa shape index (κ2) is 10.5. The van der Waals surface area contributed by atoms with E-state index < -0.39 is 11.7 Å². The fraction of sp³-hybridized carbons (Fsp3) is 0.696. The minimum Gasteiger partial charge on any atom is -0.444 e. The molecule has 1 saturated heterocycles. The van der Waals surface area contributed by atoms with Crippen molar-refractivity contribution in [3.63, 3.8) is 0 Å². The third-order valence-electron chi connectivity index (χ3n) is 5.79. The lowest BCUT2D eigenvalue weighted by atomic mass is 9.96. The van der Waals surface area contributed by atoms with Crippen LogP contribution in [0.15, 0.2) is 0 Å². The quantitative estimate of drug-likeness (QED) is 0.683. The molecule has 0 saturated carbocycles. The number of likely N-dealkylation sites (tertiary alicyclic amines) is 1. The van der Waals surface area contributed by atoms with E-state index in [1.807, 2.05) is 20.8 Å². The van der Waals surface area contributed by atoms with Crippen molar-refractivity contribution in [2.75, 3.05) is 25.0 Å². The number of rotatable bonds is 6. The predicted molar refractivity (Wildman–Crippen MR) is 122 cm³/mol. The van der Waals surface area contributed by atoms with Crippen molar-refractivity contribution in [2.45, 2.75) is 83.8 Å². The van der Waals surface area contributed by atoms with Crippen molar-refractivity contribution in [1.29, 1.82) is 5.26 Å². The van der Waals surface area contributed by atoms with Gasteiger partial charge < -0.3 is 15.4 Å². The zero-order chi connectivity index (χ0) is 22.4. The molecule has 3 rings (SSSR count). The normalized spacial score (nSPS) is 19.2. The largest absolute Gasteiger partial charge is 0.444 e. The van der Waals surface area contributed by atoms with Crippen molar-refractivity contribution in [2.24, 2.45) is 0 Å². The van der Waals surface area contributed by atoms with Crippen LogP contribution in [0.4, 0.5) is 9.80 Å². The van der Waals surface area contributed by atoms with Gasteiger partial charge in [0.05, 0.1) is 5.56 Å². The number of carbonyl (C=O) groups is 2. The Morgan fingerprint density at radius 1 is 1.23 bits per heavy atom. The summed E-state index contributed by atoms with van der Waals surface area (Å²) in [5.74, 6) is -0.0560. The Bertz CT molecular complexity index is 837. The maximum absolute atomic E-state index is 12.6. The van der Waals surface area contributed by atoms with Crippen LogP contribution >= 0.6 is 11.3 Å². The average molecular weight is 447 g/mol. The highest BCUT2D eigenvalue weighted by Gasteiger charge is 2.26. The first-order chi connectivity index (χ1) is 14.8. The van der Waals surface area contributed by atoms with Crippen molar-refractivity contribution in [1.82, 2.24) is 10.2 Å². The van der Waals surface area contributed by atoms with Crippen LogP contribution in [-0.2, 0) is 22.4 Å². The number of anilines is 1. The third-order valence-corrected chi connectivity index (χ3v) is 7.00. The standard InChI is InChI=1S/C23H34N4O3S/c1-23(2,3)30-22(29)25-15-16-8-6-7-12-27(16)13-11-20(28)26-21-18(14-24)17-9-4-5-10-19(17)31-21/h16H,4-13,15H2,1-3H3,(H,25,29)(H,26,28). The molecule has 2 amide bonds. The molecule has 1 aromatic rings. The van der Waals surface area contributed by atoms with Crippen LogP contribution < -0.4 is 10.6 Å². The Morgan fingerprint density at radius 2 is 2.00 bits per heavy atom. The number of amides is 2. The van der Waals surface area contributed by atoms with Crippen molar-refractivity contribution in [3.8, 4) is 6.07 Å². The highest BCUT2D eigenvalue weighted by Crippen LogP contribution is 2.37. The fourth-order valence-corrected chi connectivity index (χ4v) is 5.56. The molecular weight excluding hydrogens is 412 g/mol. The molecule has 7 nitrogen and oxygen atoms in total. The number of carbonyl (C=O) groups excluding carboxylic acids is 2. The number of thiophene rings is 1. The number of hydrogen-bond donors (Lipinski definition) is 2. The first-order valence-corrected chi connectivity index (χ1v) is 12.1. The minimum atomic E-state index is -0.516. The molecule has 0 bridgehead atoms. The van der Waals surface area contributed by atoms with Gasteiger partial charge in [0.2, 0.25) is 5.91 Å². The highest BCUT2D eigenvalue weighted by molar-refractivity contribution is 7.16. The molecule has 2 heterocycles. The lowest BCUT2D eigenvalue weighted by Gasteiger charge is -2.35. The van der Waals surface area contributed by atoms with Gasteiger partial charge in [-0.1, -0.05) is 6.42 Å². The topological polar surface area (TPSA) is 94.5 Å². The fourth-order valence-electron chi connectivity index (χ4n) is 4.31. The summed E-state index contributed by atoms with van der Waals surface area (Å²) in [6, 6.07) is 2.50. The van der Waals surface area contributed by atoms with Crippen LogP contribution in [0.5, 0.6) is 0 Å². The van der Waals surface area contributed by atoms with E-state index >= 15 is 0 Å². The maximum atomic E-state index is 12.6. The highest BCUT2D eigenvalue weighted by atomic mass is 32.1. The molecule has 2 N–H and O–H groups in total. The number of ether oxygens (including phenoxy) is 1. The third kappa shape index (κ3) is 6.68. The molecule has 1 aliphatic carbocycles. The van der Waals surface area contributed by atoms with Crippen molar-refractivity contribution < 1.29 is 14.3 Å². The SMILES string of the molecule is CC(C)(C)OC(=O)NCC1CCCCN1CCC(=O)Nc1sc2c(c1C#N)CCCC2. The van der Waals surface area contributed by atoms with Gasteiger partial charge in [0, 0.05) is 30.4 Å². The second-order valence-corrected chi connectivity index (χ2v) is 10.5. The van der Waals surface area contributed by atoms with E-state index in [0.29, 0.717) is 30.1 Å². The van der Waals surface area contributed by atoms with Crippen LogP contribution in [0.3, 0.4) is 0 Å². The van der Waals surface area contributed by atoms with E-state index in [9.17, 15) is 14.9 Å². The van der Waals surface area contributed by atoms with Gasteiger partial charge in [-0.25, -0.2) is 4.79 Å². The molecular formula is C23H34N4O3S. The average Bonchev–Trinajstić information content (AvgIpc) is 3.06. The second-order valence-electron chi connectivity index (χ2n) is 9.39. The van der Waals surface area contributed by atoms with E-state index in [2.05, 4.69) is 21.6 Å². The summed E-state index contributed by atoms with van der Waals surface area (Å²) in [6.07, 6.45) is 7.39. The van der Waals surface area contributed by atoms with Gasteiger partial charge in [-0.05, 0) is 71.4 Å². The van der Waals surface area contributed by atoms with Gasteiger partial charge in [-0.15, -0.1) is 11.3 Å². The van der Waals surface area contributed by atoms with Crippen LogP contribution in [0.1, 0.15) is 75.3 Å². The summed E-state index contributed by atoms with van der Waals surface area (Å²) >= 11 is 1.56. The first kappa shape index (κ1) is 23.6. The smallest absolute Gasteiger partial charge is 0.407 e. The predicted octanol–water partition coefficient (Wildman–Crippen LogP) is 4.21. The Morgan fingerprint density at radius 3 is 2.74 bits per heavy atom. The number of aryl methyl sites for hydroxylation is 1. The van der Waals surface area contributed by atoms with Crippen molar-refractivity contribution in [3.05, 3.63) is 16.0 Å². The summed E-state index contributed by atoms with van der Waals surface area (Å²) in [5, 5.41) is 16.1. The number of nitriles is 1. The van der Waals surface area contributed by atoms with E-state index in [1.165, 1.54) is 4.88 Å². The van der Waals surface area contributed by atoms with E-state index in [0.717, 1.165) is 57.1 Å². The van der Waals surface area contributed by atoms with Crippen LogP contribution in [0.2, 0.25) is 0 Å². The lowest BCUT2D eigenvalue weighted by Crippen LogP contribution is -2.48. The number of hydrogen-bond acceptors (Lipinski definition) is 6. The van der Waals surface area contributed by atoms with E-state index in [1.54, 1.807) is 11.3 Å². The summed E-state index contributed by atoms with van der Waals surface area (Å²) in [7, 11) is 0. The molecule has 170 valence electrons. The monoisotopic (exact) mass is 446 g/mol. The summed E-state index contributed by atoms with van der Waals surface area (Å²) in [5.41, 5.74) is 1.28. The molecule has 0 radical (unpaired) electrons. The van der Waals surface area contributed by atoms with Gasteiger partial charge >= 0.3 is 6.09 Å². The van der Waals surface area contributed by atoms with E-state index in [-0.39, 0.29) is 11.9 Å². The number of nitrogens with one attached hydrogen (secondary N) is 2. The molecule has 1 atom stereocenters.